The number of aromatic nitrogens is 2. The number of anilines is 1. The van der Waals surface area contributed by atoms with Crippen LogP contribution in [0.4, 0.5) is 5.82 Å². The van der Waals surface area contributed by atoms with Crippen molar-refractivity contribution in [3.8, 4) is 0 Å². The van der Waals surface area contributed by atoms with E-state index >= 15 is 0 Å². The molecule has 1 aliphatic heterocycles. The Morgan fingerprint density at radius 2 is 2.14 bits per heavy atom. The van der Waals surface area contributed by atoms with Crippen molar-refractivity contribution in [2.24, 2.45) is 0 Å². The maximum atomic E-state index is 11.9. The SMILES string of the molecule is Nc1nc(=O)n([C@@H]2O[C@H](CO)[C@H](O)[C@H]2O)cc1C=CC(=O)O. The summed E-state index contributed by atoms with van der Waals surface area (Å²) in [6.45, 7) is -0.544. The third-order valence-electron chi connectivity index (χ3n) is 3.21. The van der Waals surface area contributed by atoms with Crippen molar-refractivity contribution in [2.45, 2.75) is 24.5 Å². The summed E-state index contributed by atoms with van der Waals surface area (Å²) < 4.78 is 6.09. The van der Waals surface area contributed by atoms with E-state index in [1.807, 2.05) is 0 Å². The van der Waals surface area contributed by atoms with Crippen molar-refractivity contribution < 1.29 is 30.0 Å². The number of hydrogen-bond acceptors (Lipinski definition) is 8. The number of aliphatic hydroxyl groups excluding tert-OH is 3. The van der Waals surface area contributed by atoms with Gasteiger partial charge in [-0.3, -0.25) is 4.57 Å². The van der Waals surface area contributed by atoms with Crippen LogP contribution in [0.5, 0.6) is 0 Å². The van der Waals surface area contributed by atoms with Crippen LogP contribution >= 0.6 is 0 Å². The molecule has 10 heteroatoms. The minimum Gasteiger partial charge on any atom is -0.478 e. The largest absolute Gasteiger partial charge is 0.478 e. The zero-order chi connectivity index (χ0) is 16.4. The summed E-state index contributed by atoms with van der Waals surface area (Å²) in [7, 11) is 0. The Kier molecular flexibility index (Phi) is 4.56. The first-order valence-electron chi connectivity index (χ1n) is 6.27. The molecule has 0 aromatic carbocycles. The highest BCUT2D eigenvalue weighted by Crippen LogP contribution is 2.28. The van der Waals surface area contributed by atoms with E-state index in [-0.39, 0.29) is 11.4 Å². The number of rotatable bonds is 4. The maximum absolute atomic E-state index is 11.9. The zero-order valence-corrected chi connectivity index (χ0v) is 11.2. The first-order valence-corrected chi connectivity index (χ1v) is 6.27. The van der Waals surface area contributed by atoms with E-state index in [0.29, 0.717) is 0 Å². The van der Waals surface area contributed by atoms with E-state index in [9.17, 15) is 19.8 Å². The molecule has 0 saturated carbocycles. The van der Waals surface area contributed by atoms with E-state index in [0.717, 1.165) is 22.9 Å². The van der Waals surface area contributed by atoms with Crippen molar-refractivity contribution in [1.29, 1.82) is 0 Å². The monoisotopic (exact) mass is 313 g/mol. The number of ether oxygens (including phenoxy) is 1. The lowest BCUT2D eigenvalue weighted by atomic mass is 10.1. The lowest BCUT2D eigenvalue weighted by molar-refractivity contribution is -0.131. The summed E-state index contributed by atoms with van der Waals surface area (Å²) in [6.07, 6.45) is -2.08. The average molecular weight is 313 g/mol. The molecule has 6 N–H and O–H groups in total. The van der Waals surface area contributed by atoms with Crippen LogP contribution in [0.25, 0.3) is 6.08 Å². The van der Waals surface area contributed by atoms with Gasteiger partial charge in [-0.1, -0.05) is 0 Å². The van der Waals surface area contributed by atoms with Gasteiger partial charge in [-0.05, 0) is 6.08 Å². The molecule has 0 unspecified atom stereocenters. The molecule has 10 nitrogen and oxygen atoms in total. The molecule has 0 radical (unpaired) electrons. The molecule has 0 bridgehead atoms. The van der Waals surface area contributed by atoms with Crippen LogP contribution in [0.2, 0.25) is 0 Å². The number of aliphatic carboxylic acids is 1. The summed E-state index contributed by atoms with van der Waals surface area (Å²) in [5.74, 6) is -1.41. The molecule has 2 rings (SSSR count). The van der Waals surface area contributed by atoms with E-state index < -0.39 is 42.8 Å². The second kappa shape index (κ2) is 6.23. The Hall–Kier alpha value is -2.27. The maximum Gasteiger partial charge on any atom is 0.351 e. The first-order chi connectivity index (χ1) is 10.3. The van der Waals surface area contributed by atoms with Crippen LogP contribution in [0.15, 0.2) is 17.1 Å². The van der Waals surface area contributed by atoms with Crippen LogP contribution < -0.4 is 11.4 Å². The molecule has 0 amide bonds. The third kappa shape index (κ3) is 2.99. The molecular formula is C12H15N3O7. The molecule has 2 heterocycles. The Morgan fingerprint density at radius 3 is 2.68 bits per heavy atom. The van der Waals surface area contributed by atoms with Crippen LogP contribution in [-0.4, -0.2) is 60.9 Å². The van der Waals surface area contributed by atoms with Crippen LogP contribution in [0.1, 0.15) is 11.8 Å². The summed E-state index contributed by atoms with van der Waals surface area (Å²) in [5.41, 5.74) is 4.81. The van der Waals surface area contributed by atoms with Crippen molar-refractivity contribution in [2.75, 3.05) is 12.3 Å². The predicted molar refractivity (Wildman–Crippen MR) is 72.6 cm³/mol. The van der Waals surface area contributed by atoms with Crippen molar-refractivity contribution in [1.82, 2.24) is 9.55 Å². The lowest BCUT2D eigenvalue weighted by Gasteiger charge is -2.18. The summed E-state index contributed by atoms with van der Waals surface area (Å²) in [4.78, 5) is 25.9. The molecule has 120 valence electrons. The van der Waals surface area contributed by atoms with Gasteiger partial charge >= 0.3 is 11.7 Å². The topological polar surface area (TPSA) is 168 Å². The third-order valence-corrected chi connectivity index (χ3v) is 3.21. The fraction of sp³-hybridized carbons (Fsp3) is 0.417. The second-order valence-electron chi connectivity index (χ2n) is 4.67. The minimum atomic E-state index is -1.46. The van der Waals surface area contributed by atoms with Gasteiger partial charge < -0.3 is 30.9 Å². The molecule has 22 heavy (non-hydrogen) atoms. The molecule has 4 atom stereocenters. The van der Waals surface area contributed by atoms with Gasteiger partial charge in [0.25, 0.3) is 0 Å². The Morgan fingerprint density at radius 1 is 1.45 bits per heavy atom. The standard InChI is InChI=1S/C12H15N3O7/c13-10-5(1-2-7(17)18)3-15(12(21)14-10)11-9(20)8(19)6(4-16)22-11/h1-3,6,8-9,11,16,19-20H,4H2,(H,17,18)(H2,13,14,21)/t6-,8+,9-,11-/m1/s1. The fourth-order valence-corrected chi connectivity index (χ4v) is 2.08. The van der Waals surface area contributed by atoms with E-state index in [2.05, 4.69) is 4.98 Å². The van der Waals surface area contributed by atoms with E-state index in [4.69, 9.17) is 20.7 Å². The predicted octanol–water partition coefficient (Wildman–Crippen LogP) is -2.47. The quantitative estimate of drug-likeness (QED) is 0.378. The molecule has 1 aliphatic rings. The lowest BCUT2D eigenvalue weighted by Crippen LogP contribution is -2.36. The molecule has 1 saturated heterocycles. The van der Waals surface area contributed by atoms with Crippen molar-refractivity contribution >= 4 is 17.9 Å². The van der Waals surface area contributed by atoms with Gasteiger partial charge in [0.05, 0.1) is 6.61 Å². The van der Waals surface area contributed by atoms with Crippen LogP contribution in [0.3, 0.4) is 0 Å². The highest BCUT2D eigenvalue weighted by Gasteiger charge is 2.43. The van der Waals surface area contributed by atoms with E-state index in [1.54, 1.807) is 0 Å². The van der Waals surface area contributed by atoms with Gasteiger partial charge in [-0.2, -0.15) is 4.98 Å². The smallest absolute Gasteiger partial charge is 0.351 e. The molecule has 0 aliphatic carbocycles. The zero-order valence-electron chi connectivity index (χ0n) is 11.2. The fourth-order valence-electron chi connectivity index (χ4n) is 2.08. The molecule has 0 spiro atoms. The van der Waals surface area contributed by atoms with Gasteiger partial charge in [0.1, 0.15) is 24.1 Å². The summed E-state index contributed by atoms with van der Waals surface area (Å²) in [6, 6.07) is 0. The molecule has 1 aromatic heterocycles. The highest BCUT2D eigenvalue weighted by atomic mass is 16.6. The molecular weight excluding hydrogens is 298 g/mol. The summed E-state index contributed by atoms with van der Waals surface area (Å²) >= 11 is 0. The van der Waals surface area contributed by atoms with E-state index in [1.165, 1.54) is 0 Å². The minimum absolute atomic E-state index is 0.125. The Balaban J connectivity index is 2.41. The number of aliphatic hydroxyl groups is 3. The highest BCUT2D eigenvalue weighted by molar-refractivity contribution is 5.86. The molecule has 1 aromatic rings. The number of carbonyl (C=O) groups is 1. The van der Waals surface area contributed by atoms with Crippen molar-refractivity contribution in [3.05, 3.63) is 28.3 Å². The molecule has 1 fully saturated rings. The average Bonchev–Trinajstić information content (AvgIpc) is 2.74. The second-order valence-corrected chi connectivity index (χ2v) is 4.67. The first kappa shape index (κ1) is 16.1. The number of nitrogens with zero attached hydrogens (tertiary/aromatic N) is 2. The van der Waals surface area contributed by atoms with Gasteiger partial charge in [0, 0.05) is 17.8 Å². The Labute approximate surface area is 123 Å². The van der Waals surface area contributed by atoms with Gasteiger partial charge in [0.15, 0.2) is 6.23 Å². The van der Waals surface area contributed by atoms with Gasteiger partial charge in [-0.15, -0.1) is 0 Å². The number of carboxylic acids is 1. The normalized spacial score (nSPS) is 28.3. The number of hydrogen-bond donors (Lipinski definition) is 5. The van der Waals surface area contributed by atoms with Crippen LogP contribution in [-0.2, 0) is 9.53 Å². The summed E-state index contributed by atoms with van der Waals surface area (Å²) in [5, 5.41) is 37.2. The number of nitrogen functional groups attached to an aromatic ring is 1. The van der Waals surface area contributed by atoms with Gasteiger partial charge in [-0.25, -0.2) is 9.59 Å². The van der Waals surface area contributed by atoms with Gasteiger partial charge in [0.2, 0.25) is 0 Å². The number of carboxylic acid groups (broad SMARTS) is 1. The Bertz CT molecular complexity index is 657. The number of nitrogens with two attached hydrogens (primary N) is 1. The van der Waals surface area contributed by atoms with Crippen LogP contribution in [0, 0.1) is 0 Å². The van der Waals surface area contributed by atoms with Crippen molar-refractivity contribution in [3.63, 3.8) is 0 Å².